The molecule has 1 aromatic rings. The van der Waals surface area contributed by atoms with Gasteiger partial charge < -0.3 is 15.7 Å². The van der Waals surface area contributed by atoms with Crippen LogP contribution >= 0.6 is 0 Å². The highest BCUT2D eigenvalue weighted by molar-refractivity contribution is 5.49. The van der Waals surface area contributed by atoms with Gasteiger partial charge in [0.15, 0.2) is 0 Å². The van der Waals surface area contributed by atoms with E-state index >= 15 is 0 Å². The lowest BCUT2D eigenvalue weighted by Gasteiger charge is -2.29. The standard InChI is InChI=1S/C13H20N2O/c14-10-13(16)11-5-4-6-12(9-11)15-7-2-1-3-8-15/h4-6,9,13,16H,1-3,7-8,10,14H2. The zero-order chi connectivity index (χ0) is 11.4. The Morgan fingerprint density at radius 1 is 1.25 bits per heavy atom. The number of rotatable bonds is 3. The molecule has 1 heterocycles. The summed E-state index contributed by atoms with van der Waals surface area (Å²) < 4.78 is 0. The van der Waals surface area contributed by atoms with Crippen LogP contribution in [0.1, 0.15) is 30.9 Å². The second-order valence-electron chi connectivity index (χ2n) is 4.39. The molecular weight excluding hydrogens is 200 g/mol. The van der Waals surface area contributed by atoms with Crippen LogP contribution < -0.4 is 10.6 Å². The van der Waals surface area contributed by atoms with Crippen molar-refractivity contribution in [2.45, 2.75) is 25.4 Å². The minimum atomic E-state index is -0.537. The second kappa shape index (κ2) is 5.32. The fourth-order valence-electron chi connectivity index (χ4n) is 2.22. The summed E-state index contributed by atoms with van der Waals surface area (Å²) in [6.45, 7) is 2.54. The Morgan fingerprint density at radius 2 is 2.00 bits per heavy atom. The third-order valence-corrected chi connectivity index (χ3v) is 3.20. The van der Waals surface area contributed by atoms with Crippen LogP contribution in [0.2, 0.25) is 0 Å². The van der Waals surface area contributed by atoms with Gasteiger partial charge in [-0.15, -0.1) is 0 Å². The monoisotopic (exact) mass is 220 g/mol. The Labute approximate surface area is 96.9 Å². The van der Waals surface area contributed by atoms with E-state index in [4.69, 9.17) is 5.73 Å². The molecule has 1 aromatic carbocycles. The second-order valence-corrected chi connectivity index (χ2v) is 4.39. The minimum absolute atomic E-state index is 0.281. The highest BCUT2D eigenvalue weighted by Crippen LogP contribution is 2.23. The van der Waals surface area contributed by atoms with Gasteiger partial charge in [-0.05, 0) is 37.0 Å². The number of piperidine rings is 1. The zero-order valence-corrected chi connectivity index (χ0v) is 9.60. The van der Waals surface area contributed by atoms with Crippen LogP contribution in [-0.2, 0) is 0 Å². The van der Waals surface area contributed by atoms with Crippen LogP contribution in [0.3, 0.4) is 0 Å². The van der Waals surface area contributed by atoms with Crippen LogP contribution in [0.4, 0.5) is 5.69 Å². The van der Waals surface area contributed by atoms with E-state index in [1.807, 2.05) is 12.1 Å². The van der Waals surface area contributed by atoms with Crippen LogP contribution in [0.25, 0.3) is 0 Å². The maximum absolute atomic E-state index is 9.71. The Hall–Kier alpha value is -1.06. The summed E-state index contributed by atoms with van der Waals surface area (Å²) in [6, 6.07) is 8.10. The molecule has 1 aliphatic rings. The van der Waals surface area contributed by atoms with Gasteiger partial charge in [-0.25, -0.2) is 0 Å². The summed E-state index contributed by atoms with van der Waals surface area (Å²) in [5.74, 6) is 0. The highest BCUT2D eigenvalue weighted by atomic mass is 16.3. The number of aliphatic hydroxyl groups is 1. The molecule has 0 amide bonds. The lowest BCUT2D eigenvalue weighted by atomic mass is 10.1. The molecule has 3 nitrogen and oxygen atoms in total. The Kier molecular flexibility index (Phi) is 3.80. The molecule has 1 saturated heterocycles. The SMILES string of the molecule is NCC(O)c1cccc(N2CCCCC2)c1. The molecule has 0 spiro atoms. The molecule has 0 radical (unpaired) electrons. The first kappa shape index (κ1) is 11.4. The van der Waals surface area contributed by atoms with Crippen molar-refractivity contribution in [1.29, 1.82) is 0 Å². The summed E-state index contributed by atoms with van der Waals surface area (Å²) >= 11 is 0. The van der Waals surface area contributed by atoms with Crippen molar-refractivity contribution in [2.24, 2.45) is 5.73 Å². The van der Waals surface area contributed by atoms with E-state index in [0.717, 1.165) is 18.7 Å². The van der Waals surface area contributed by atoms with Crippen LogP contribution in [-0.4, -0.2) is 24.7 Å². The van der Waals surface area contributed by atoms with Gasteiger partial charge in [0.25, 0.3) is 0 Å². The molecular formula is C13H20N2O. The third kappa shape index (κ3) is 2.54. The molecule has 3 N–H and O–H groups in total. The molecule has 0 aliphatic carbocycles. The lowest BCUT2D eigenvalue weighted by Crippen LogP contribution is -2.29. The Balaban J connectivity index is 2.14. The Morgan fingerprint density at radius 3 is 2.69 bits per heavy atom. The first-order chi connectivity index (χ1) is 7.81. The van der Waals surface area contributed by atoms with Crippen molar-refractivity contribution >= 4 is 5.69 Å². The normalized spacial score (nSPS) is 18.5. The lowest BCUT2D eigenvalue weighted by molar-refractivity contribution is 0.187. The van der Waals surface area contributed by atoms with E-state index in [9.17, 15) is 5.11 Å². The van der Waals surface area contributed by atoms with Gasteiger partial charge >= 0.3 is 0 Å². The van der Waals surface area contributed by atoms with Crippen molar-refractivity contribution in [3.05, 3.63) is 29.8 Å². The molecule has 3 heteroatoms. The summed E-state index contributed by atoms with van der Waals surface area (Å²) in [7, 11) is 0. The molecule has 88 valence electrons. The molecule has 0 saturated carbocycles. The molecule has 2 rings (SSSR count). The minimum Gasteiger partial charge on any atom is -0.387 e. The van der Waals surface area contributed by atoms with Gasteiger partial charge in [0.2, 0.25) is 0 Å². The van der Waals surface area contributed by atoms with Crippen molar-refractivity contribution in [1.82, 2.24) is 0 Å². The smallest absolute Gasteiger partial charge is 0.0912 e. The van der Waals surface area contributed by atoms with Crippen molar-refractivity contribution < 1.29 is 5.11 Å². The van der Waals surface area contributed by atoms with Crippen LogP contribution in [0, 0.1) is 0 Å². The number of hydrogen-bond donors (Lipinski definition) is 2. The zero-order valence-electron chi connectivity index (χ0n) is 9.60. The summed E-state index contributed by atoms with van der Waals surface area (Å²) in [4.78, 5) is 2.39. The topological polar surface area (TPSA) is 49.5 Å². The fourth-order valence-corrected chi connectivity index (χ4v) is 2.22. The predicted octanol–water partition coefficient (Wildman–Crippen LogP) is 1.67. The molecule has 1 unspecified atom stereocenters. The van der Waals surface area contributed by atoms with Crippen LogP contribution in [0.15, 0.2) is 24.3 Å². The molecule has 1 aliphatic heterocycles. The number of nitrogens with two attached hydrogens (primary N) is 1. The van der Waals surface area contributed by atoms with E-state index in [0.29, 0.717) is 0 Å². The van der Waals surface area contributed by atoms with Gasteiger partial charge in [-0.1, -0.05) is 12.1 Å². The van der Waals surface area contributed by atoms with Gasteiger partial charge in [0, 0.05) is 25.3 Å². The maximum Gasteiger partial charge on any atom is 0.0912 e. The largest absolute Gasteiger partial charge is 0.387 e. The fraction of sp³-hybridized carbons (Fsp3) is 0.538. The number of anilines is 1. The number of aliphatic hydroxyl groups excluding tert-OH is 1. The summed E-state index contributed by atoms with van der Waals surface area (Å²) in [5.41, 5.74) is 7.60. The first-order valence-corrected chi connectivity index (χ1v) is 6.04. The highest BCUT2D eigenvalue weighted by Gasteiger charge is 2.12. The predicted molar refractivity (Wildman–Crippen MR) is 66.5 cm³/mol. The van der Waals surface area contributed by atoms with Crippen LogP contribution in [0.5, 0.6) is 0 Å². The van der Waals surface area contributed by atoms with Gasteiger partial charge in [0.05, 0.1) is 6.10 Å². The van der Waals surface area contributed by atoms with E-state index < -0.39 is 6.10 Å². The van der Waals surface area contributed by atoms with Crippen molar-refractivity contribution in [3.63, 3.8) is 0 Å². The maximum atomic E-state index is 9.71. The van der Waals surface area contributed by atoms with E-state index in [2.05, 4.69) is 17.0 Å². The summed E-state index contributed by atoms with van der Waals surface area (Å²) in [6.07, 6.45) is 3.33. The molecule has 0 aromatic heterocycles. The quantitative estimate of drug-likeness (QED) is 0.814. The average Bonchev–Trinajstić information content (AvgIpc) is 2.39. The number of nitrogens with zero attached hydrogens (tertiary/aromatic N) is 1. The Bertz CT molecular complexity index is 334. The van der Waals surface area contributed by atoms with E-state index in [1.165, 1.54) is 24.9 Å². The molecule has 1 fully saturated rings. The van der Waals surface area contributed by atoms with E-state index in [-0.39, 0.29) is 6.54 Å². The molecule has 16 heavy (non-hydrogen) atoms. The van der Waals surface area contributed by atoms with E-state index in [1.54, 1.807) is 0 Å². The van der Waals surface area contributed by atoms with Gasteiger partial charge in [0.1, 0.15) is 0 Å². The van der Waals surface area contributed by atoms with Gasteiger partial charge in [-0.2, -0.15) is 0 Å². The summed E-state index contributed by atoms with van der Waals surface area (Å²) in [5, 5.41) is 9.71. The molecule has 1 atom stereocenters. The van der Waals surface area contributed by atoms with Crippen molar-refractivity contribution in [3.8, 4) is 0 Å². The first-order valence-electron chi connectivity index (χ1n) is 6.04. The van der Waals surface area contributed by atoms with Gasteiger partial charge in [-0.3, -0.25) is 0 Å². The average molecular weight is 220 g/mol. The molecule has 0 bridgehead atoms. The van der Waals surface area contributed by atoms with Crippen molar-refractivity contribution in [2.75, 3.05) is 24.5 Å². The third-order valence-electron chi connectivity index (χ3n) is 3.20. The number of hydrogen-bond acceptors (Lipinski definition) is 3. The number of benzene rings is 1.